The molecular formula is C13H15N3. The molecule has 0 amide bonds. The van der Waals surface area contributed by atoms with E-state index in [2.05, 4.69) is 30.2 Å². The summed E-state index contributed by atoms with van der Waals surface area (Å²) in [4.78, 5) is 4.21. The molecule has 0 aliphatic heterocycles. The van der Waals surface area contributed by atoms with Gasteiger partial charge in [-0.1, -0.05) is 12.1 Å². The summed E-state index contributed by atoms with van der Waals surface area (Å²) in [6.07, 6.45) is 1.73. The minimum Gasteiger partial charge on any atom is -0.396 e. The monoisotopic (exact) mass is 213 g/mol. The Kier molecular flexibility index (Phi) is 2.77. The summed E-state index contributed by atoms with van der Waals surface area (Å²) in [5.74, 6) is 0.705. The van der Waals surface area contributed by atoms with Crippen molar-refractivity contribution in [2.75, 3.05) is 11.1 Å². The lowest BCUT2D eigenvalue weighted by Gasteiger charge is -2.11. The van der Waals surface area contributed by atoms with Gasteiger partial charge in [0.15, 0.2) is 5.82 Å². The van der Waals surface area contributed by atoms with Gasteiger partial charge in [0.2, 0.25) is 0 Å². The number of hydrogen-bond acceptors (Lipinski definition) is 3. The van der Waals surface area contributed by atoms with Crippen LogP contribution in [0.25, 0.3) is 0 Å². The highest BCUT2D eigenvalue weighted by atomic mass is 15.0. The molecule has 3 nitrogen and oxygen atoms in total. The number of anilines is 3. The van der Waals surface area contributed by atoms with Gasteiger partial charge in [-0.2, -0.15) is 0 Å². The minimum absolute atomic E-state index is 0.656. The van der Waals surface area contributed by atoms with E-state index in [0.29, 0.717) is 11.5 Å². The Morgan fingerprint density at radius 2 is 1.94 bits per heavy atom. The normalized spacial score (nSPS) is 10.1. The number of nitrogen functional groups attached to an aromatic ring is 1. The second-order valence-electron chi connectivity index (χ2n) is 3.81. The first-order chi connectivity index (χ1) is 7.68. The molecule has 1 aromatic heterocycles. The number of pyridine rings is 1. The van der Waals surface area contributed by atoms with Crippen LogP contribution in [-0.4, -0.2) is 4.98 Å². The van der Waals surface area contributed by atoms with Crippen molar-refractivity contribution in [3.63, 3.8) is 0 Å². The van der Waals surface area contributed by atoms with Crippen LogP contribution in [-0.2, 0) is 0 Å². The van der Waals surface area contributed by atoms with Crippen LogP contribution in [0.5, 0.6) is 0 Å². The van der Waals surface area contributed by atoms with Crippen molar-refractivity contribution in [1.29, 1.82) is 0 Å². The maximum Gasteiger partial charge on any atom is 0.153 e. The number of rotatable bonds is 2. The summed E-state index contributed by atoms with van der Waals surface area (Å²) in [7, 11) is 0. The first-order valence-corrected chi connectivity index (χ1v) is 5.22. The molecule has 2 aromatic rings. The molecule has 0 unspecified atom stereocenters. The Balaban J connectivity index is 2.35. The molecule has 0 saturated heterocycles. The first kappa shape index (κ1) is 10.5. The van der Waals surface area contributed by atoms with Gasteiger partial charge in [-0.3, -0.25) is 0 Å². The van der Waals surface area contributed by atoms with Crippen molar-refractivity contribution in [3.05, 3.63) is 47.7 Å². The summed E-state index contributed by atoms with van der Waals surface area (Å²) >= 11 is 0. The average molecular weight is 213 g/mol. The summed E-state index contributed by atoms with van der Waals surface area (Å²) in [6, 6.07) is 9.78. The Labute approximate surface area is 95.3 Å². The van der Waals surface area contributed by atoms with Crippen LogP contribution in [0, 0.1) is 13.8 Å². The second kappa shape index (κ2) is 4.23. The Morgan fingerprint density at radius 3 is 2.69 bits per heavy atom. The third-order valence-electron chi connectivity index (χ3n) is 2.70. The van der Waals surface area contributed by atoms with E-state index >= 15 is 0 Å². The van der Waals surface area contributed by atoms with E-state index in [-0.39, 0.29) is 0 Å². The van der Waals surface area contributed by atoms with Gasteiger partial charge in [0.25, 0.3) is 0 Å². The van der Waals surface area contributed by atoms with Crippen LogP contribution < -0.4 is 11.1 Å². The van der Waals surface area contributed by atoms with Crippen molar-refractivity contribution >= 4 is 17.2 Å². The molecule has 82 valence electrons. The standard InChI is InChI=1S/C13H15N3/c1-9-5-3-7-12(10(9)2)16-13-11(14)6-4-8-15-13/h3-8H,14H2,1-2H3,(H,15,16). The Morgan fingerprint density at radius 1 is 1.12 bits per heavy atom. The molecule has 0 aliphatic rings. The summed E-state index contributed by atoms with van der Waals surface area (Å²) in [6.45, 7) is 4.17. The predicted octanol–water partition coefficient (Wildman–Crippen LogP) is 3.02. The first-order valence-electron chi connectivity index (χ1n) is 5.22. The third-order valence-corrected chi connectivity index (χ3v) is 2.70. The zero-order valence-electron chi connectivity index (χ0n) is 9.49. The van der Waals surface area contributed by atoms with Crippen LogP contribution in [0.4, 0.5) is 17.2 Å². The molecule has 0 bridgehead atoms. The molecule has 0 radical (unpaired) electrons. The quantitative estimate of drug-likeness (QED) is 0.806. The molecule has 1 heterocycles. The molecule has 0 spiro atoms. The van der Waals surface area contributed by atoms with Gasteiger partial charge < -0.3 is 11.1 Å². The molecular weight excluding hydrogens is 198 g/mol. The highest BCUT2D eigenvalue weighted by Crippen LogP contribution is 2.24. The average Bonchev–Trinajstić information content (AvgIpc) is 2.28. The molecule has 0 aliphatic carbocycles. The van der Waals surface area contributed by atoms with E-state index in [1.54, 1.807) is 6.20 Å². The highest BCUT2D eigenvalue weighted by molar-refractivity contribution is 5.70. The SMILES string of the molecule is Cc1cccc(Nc2ncccc2N)c1C. The molecule has 0 atom stereocenters. The summed E-state index contributed by atoms with van der Waals surface area (Å²) in [5.41, 5.74) is 10.00. The van der Waals surface area contributed by atoms with Crippen LogP contribution in [0.1, 0.15) is 11.1 Å². The van der Waals surface area contributed by atoms with E-state index in [9.17, 15) is 0 Å². The van der Waals surface area contributed by atoms with Gasteiger partial charge >= 0.3 is 0 Å². The third kappa shape index (κ3) is 1.98. The Bertz CT molecular complexity index is 506. The number of aryl methyl sites for hydroxylation is 1. The van der Waals surface area contributed by atoms with E-state index in [4.69, 9.17) is 5.73 Å². The van der Waals surface area contributed by atoms with Crippen LogP contribution in [0.2, 0.25) is 0 Å². The molecule has 2 rings (SSSR count). The van der Waals surface area contributed by atoms with Crippen LogP contribution in [0.15, 0.2) is 36.5 Å². The van der Waals surface area contributed by atoms with Gasteiger partial charge in [-0.15, -0.1) is 0 Å². The number of nitrogens with two attached hydrogens (primary N) is 1. The van der Waals surface area contributed by atoms with Crippen molar-refractivity contribution < 1.29 is 0 Å². The van der Waals surface area contributed by atoms with Gasteiger partial charge in [0.05, 0.1) is 5.69 Å². The number of aromatic nitrogens is 1. The summed E-state index contributed by atoms with van der Waals surface area (Å²) < 4.78 is 0. The molecule has 3 N–H and O–H groups in total. The number of benzene rings is 1. The van der Waals surface area contributed by atoms with E-state index in [1.165, 1.54) is 11.1 Å². The maximum absolute atomic E-state index is 5.83. The van der Waals surface area contributed by atoms with E-state index in [0.717, 1.165) is 5.69 Å². The fraction of sp³-hybridized carbons (Fsp3) is 0.154. The lowest BCUT2D eigenvalue weighted by atomic mass is 10.1. The van der Waals surface area contributed by atoms with Gasteiger partial charge in [0.1, 0.15) is 0 Å². The summed E-state index contributed by atoms with van der Waals surface area (Å²) in [5, 5.41) is 3.25. The number of hydrogen-bond donors (Lipinski definition) is 2. The smallest absolute Gasteiger partial charge is 0.153 e. The van der Waals surface area contributed by atoms with Crippen molar-refractivity contribution in [2.24, 2.45) is 0 Å². The van der Waals surface area contributed by atoms with Crippen LogP contribution >= 0.6 is 0 Å². The highest BCUT2D eigenvalue weighted by Gasteiger charge is 2.03. The second-order valence-corrected chi connectivity index (χ2v) is 3.81. The molecule has 3 heteroatoms. The lowest BCUT2D eigenvalue weighted by molar-refractivity contribution is 1.28. The van der Waals surface area contributed by atoms with Crippen molar-refractivity contribution in [1.82, 2.24) is 4.98 Å². The molecule has 0 fully saturated rings. The van der Waals surface area contributed by atoms with Gasteiger partial charge in [0, 0.05) is 11.9 Å². The van der Waals surface area contributed by atoms with E-state index in [1.807, 2.05) is 24.3 Å². The lowest BCUT2D eigenvalue weighted by Crippen LogP contribution is -2.00. The molecule has 16 heavy (non-hydrogen) atoms. The fourth-order valence-electron chi connectivity index (χ4n) is 1.54. The van der Waals surface area contributed by atoms with Crippen molar-refractivity contribution in [2.45, 2.75) is 13.8 Å². The van der Waals surface area contributed by atoms with Gasteiger partial charge in [-0.05, 0) is 43.2 Å². The zero-order valence-corrected chi connectivity index (χ0v) is 9.49. The maximum atomic E-state index is 5.83. The Hall–Kier alpha value is -2.03. The molecule has 0 saturated carbocycles. The largest absolute Gasteiger partial charge is 0.396 e. The van der Waals surface area contributed by atoms with Crippen molar-refractivity contribution in [3.8, 4) is 0 Å². The zero-order chi connectivity index (χ0) is 11.5. The number of nitrogens with one attached hydrogen (secondary N) is 1. The topological polar surface area (TPSA) is 50.9 Å². The number of nitrogens with zero attached hydrogens (tertiary/aromatic N) is 1. The van der Waals surface area contributed by atoms with Crippen LogP contribution in [0.3, 0.4) is 0 Å². The minimum atomic E-state index is 0.656. The molecule has 1 aromatic carbocycles. The predicted molar refractivity (Wildman–Crippen MR) is 67.8 cm³/mol. The van der Waals surface area contributed by atoms with Gasteiger partial charge in [-0.25, -0.2) is 4.98 Å². The van der Waals surface area contributed by atoms with E-state index < -0.39 is 0 Å². The fourth-order valence-corrected chi connectivity index (χ4v) is 1.54.